The molecule has 2 unspecified atom stereocenters. The molecule has 1 fully saturated rings. The number of carbonyl (C=O) groups excluding carboxylic acids is 5. The lowest BCUT2D eigenvalue weighted by molar-refractivity contribution is -0.143. The van der Waals surface area contributed by atoms with Gasteiger partial charge in [0.1, 0.15) is 12.6 Å². The number of ketones is 1. The highest BCUT2D eigenvalue weighted by atomic mass is 16.6. The second kappa shape index (κ2) is 19.5. The van der Waals surface area contributed by atoms with Gasteiger partial charge in [0.2, 0.25) is 11.8 Å². The third-order valence-electron chi connectivity index (χ3n) is 8.70. The van der Waals surface area contributed by atoms with Crippen molar-refractivity contribution in [3.8, 4) is 0 Å². The number of Topliss-reactive ketones (excluding diaryl/α,β-unsaturated/α-hetero) is 1. The summed E-state index contributed by atoms with van der Waals surface area (Å²) in [5.74, 6) is -2.30. The molecule has 4 atom stereocenters. The summed E-state index contributed by atoms with van der Waals surface area (Å²) in [5, 5.41) is 12.9. The molecular weight excluding hydrogens is 652 g/mol. The molecule has 51 heavy (non-hydrogen) atoms. The van der Waals surface area contributed by atoms with E-state index >= 15 is 0 Å². The van der Waals surface area contributed by atoms with E-state index in [-0.39, 0.29) is 38.0 Å². The monoisotopic (exact) mass is 697 g/mol. The quantitative estimate of drug-likeness (QED) is 0.0881. The van der Waals surface area contributed by atoms with Gasteiger partial charge in [0.25, 0.3) is 0 Å². The fraction of sp³-hybridized carbons (Fsp3) is 0.368. The van der Waals surface area contributed by atoms with Crippen LogP contribution in [-0.2, 0) is 41.7 Å². The van der Waals surface area contributed by atoms with Crippen molar-refractivity contribution in [1.29, 1.82) is 5.41 Å². The second-order valence-corrected chi connectivity index (χ2v) is 12.4. The molecule has 3 amide bonds. The number of hydrogen-bond acceptors (Lipinski definition) is 8. The lowest BCUT2D eigenvalue weighted by Gasteiger charge is -2.31. The van der Waals surface area contributed by atoms with Crippen molar-refractivity contribution in [2.75, 3.05) is 26.7 Å². The maximum Gasteiger partial charge on any atom is 0.418 e. The van der Waals surface area contributed by atoms with Crippen molar-refractivity contribution in [1.82, 2.24) is 20.4 Å². The number of benzene rings is 3. The average molecular weight is 698 g/mol. The summed E-state index contributed by atoms with van der Waals surface area (Å²) in [6.07, 6.45) is -0.145. The summed E-state index contributed by atoms with van der Waals surface area (Å²) in [7, 11) is 1.58. The topological polar surface area (TPSA) is 184 Å². The van der Waals surface area contributed by atoms with Gasteiger partial charge in [-0.3, -0.25) is 19.8 Å². The van der Waals surface area contributed by atoms with Gasteiger partial charge in [-0.1, -0.05) is 91.0 Å². The van der Waals surface area contributed by atoms with Crippen LogP contribution in [0, 0.1) is 11.3 Å². The molecule has 0 aliphatic carbocycles. The van der Waals surface area contributed by atoms with E-state index in [0.29, 0.717) is 37.8 Å². The first-order chi connectivity index (χ1) is 24.7. The number of nitrogens with two attached hydrogens (primary N) is 1. The summed E-state index contributed by atoms with van der Waals surface area (Å²) in [6, 6.07) is 25.2. The zero-order valence-electron chi connectivity index (χ0n) is 28.7. The summed E-state index contributed by atoms with van der Waals surface area (Å²) < 4.78 is 10.6. The van der Waals surface area contributed by atoms with Gasteiger partial charge in [0.05, 0.1) is 12.0 Å². The van der Waals surface area contributed by atoms with Crippen LogP contribution in [0.4, 0.5) is 4.79 Å². The van der Waals surface area contributed by atoms with Crippen LogP contribution in [0.25, 0.3) is 0 Å². The molecule has 0 saturated carbocycles. The van der Waals surface area contributed by atoms with Crippen molar-refractivity contribution in [3.63, 3.8) is 0 Å². The fourth-order valence-corrected chi connectivity index (χ4v) is 6.13. The highest BCUT2D eigenvalue weighted by Crippen LogP contribution is 2.25. The third-order valence-corrected chi connectivity index (χ3v) is 8.70. The van der Waals surface area contributed by atoms with Crippen LogP contribution in [0.15, 0.2) is 91.0 Å². The molecular formula is C38H45N6O7. The molecule has 13 heteroatoms. The van der Waals surface area contributed by atoms with Crippen LogP contribution >= 0.6 is 0 Å². The molecule has 0 spiro atoms. The van der Waals surface area contributed by atoms with Gasteiger partial charge in [-0.2, -0.15) is 0 Å². The molecule has 0 bridgehead atoms. The predicted molar refractivity (Wildman–Crippen MR) is 190 cm³/mol. The van der Waals surface area contributed by atoms with Crippen LogP contribution in [0.5, 0.6) is 0 Å². The summed E-state index contributed by atoms with van der Waals surface area (Å²) >= 11 is 0. The number of carbonyl (C=O) groups is 4. The molecule has 3 aromatic carbocycles. The van der Waals surface area contributed by atoms with Gasteiger partial charge < -0.3 is 35.6 Å². The van der Waals surface area contributed by atoms with Gasteiger partial charge in [0, 0.05) is 32.2 Å². The summed E-state index contributed by atoms with van der Waals surface area (Å²) in [5.41, 5.74) is 7.55. The van der Waals surface area contributed by atoms with Crippen molar-refractivity contribution in [3.05, 3.63) is 108 Å². The van der Waals surface area contributed by atoms with E-state index in [2.05, 4.69) is 10.6 Å². The number of amides is 3. The van der Waals surface area contributed by atoms with E-state index in [9.17, 15) is 24.0 Å². The molecule has 1 saturated heterocycles. The first kappa shape index (κ1) is 38.1. The minimum absolute atomic E-state index is 0.0503. The molecule has 5 N–H and O–H groups in total. The Morgan fingerprint density at radius 1 is 0.980 bits per heavy atom. The highest BCUT2D eigenvalue weighted by molar-refractivity contribution is 5.96. The fourth-order valence-electron chi connectivity index (χ4n) is 6.13. The van der Waals surface area contributed by atoms with Crippen molar-refractivity contribution in [2.45, 2.75) is 56.9 Å². The minimum Gasteiger partial charge on any atom is -0.445 e. The van der Waals surface area contributed by atoms with Gasteiger partial charge in [0.15, 0.2) is 17.8 Å². The Hall–Kier alpha value is -5.72. The number of ether oxygens (including phenoxy) is 2. The standard InChI is InChI=1S/C38H45N6O7/c1-43(38(49)50-25-28-15-7-3-8-16-28)24-30(23-27-13-5-2-6-14-27)36(48)44-22-12-20-32(44)35(47)42-31(19-11-21-41-37(39)40)33(46)34(51-26-45)29-17-9-4-10-18-29/h2-10,13-18,30-32,34H,11-12,19-25H2,1H3,(H,42,47)(H4,39,40,41)/t30?,31-,32-,34?/m0/s1. The smallest absolute Gasteiger partial charge is 0.418 e. The number of nitrogens with one attached hydrogen (secondary N) is 3. The normalized spacial score (nSPS) is 15.5. The Kier molecular flexibility index (Phi) is 14.5. The van der Waals surface area contributed by atoms with Crippen molar-refractivity contribution < 1.29 is 33.4 Å². The van der Waals surface area contributed by atoms with E-state index in [1.165, 1.54) is 16.3 Å². The van der Waals surface area contributed by atoms with Crippen LogP contribution in [0.1, 0.15) is 48.5 Å². The van der Waals surface area contributed by atoms with Crippen molar-refractivity contribution in [2.24, 2.45) is 11.7 Å². The molecule has 0 aromatic heterocycles. The van der Waals surface area contributed by atoms with Gasteiger partial charge >= 0.3 is 12.6 Å². The SMILES string of the molecule is CN(CC(Cc1ccccc1)C(=O)N1CCC[C@H]1C(=O)N[C@@H](CCCNC(=N)N)C(=O)C(O[C]=O)c1ccccc1)C(=O)OCc1ccccc1. The first-order valence-electron chi connectivity index (χ1n) is 16.9. The minimum atomic E-state index is -1.32. The molecule has 1 aliphatic rings. The van der Waals surface area contributed by atoms with Crippen LogP contribution in [0.2, 0.25) is 0 Å². The lowest BCUT2D eigenvalue weighted by Crippen LogP contribution is -2.53. The zero-order valence-corrected chi connectivity index (χ0v) is 28.7. The van der Waals surface area contributed by atoms with Gasteiger partial charge in [-0.15, -0.1) is 0 Å². The van der Waals surface area contributed by atoms with Crippen LogP contribution in [0.3, 0.4) is 0 Å². The van der Waals surface area contributed by atoms with Crippen LogP contribution < -0.4 is 16.4 Å². The van der Waals surface area contributed by atoms with Crippen molar-refractivity contribution >= 4 is 36.1 Å². The highest BCUT2D eigenvalue weighted by Gasteiger charge is 2.40. The molecule has 13 nitrogen and oxygen atoms in total. The van der Waals surface area contributed by atoms with E-state index in [1.54, 1.807) is 37.4 Å². The Balaban J connectivity index is 1.50. The molecule has 3 aromatic rings. The largest absolute Gasteiger partial charge is 0.445 e. The summed E-state index contributed by atoms with van der Waals surface area (Å²) in [4.78, 5) is 69.2. The summed E-state index contributed by atoms with van der Waals surface area (Å²) in [6.45, 7) is 2.08. The molecule has 1 radical (unpaired) electrons. The predicted octanol–water partition coefficient (Wildman–Crippen LogP) is 3.25. The first-order valence-corrected chi connectivity index (χ1v) is 16.9. The Morgan fingerprint density at radius 2 is 1.61 bits per heavy atom. The number of nitrogens with zero attached hydrogens (tertiary/aromatic N) is 2. The Morgan fingerprint density at radius 3 is 2.24 bits per heavy atom. The maximum atomic E-state index is 14.3. The molecule has 1 aliphatic heterocycles. The lowest BCUT2D eigenvalue weighted by atomic mass is 9.96. The van der Waals surface area contributed by atoms with E-state index in [1.807, 2.05) is 60.7 Å². The molecule has 269 valence electrons. The number of likely N-dealkylation sites (tertiary alicyclic amines) is 1. The number of hydrogen-bond donors (Lipinski definition) is 4. The molecule has 1 heterocycles. The number of rotatable bonds is 18. The van der Waals surface area contributed by atoms with Gasteiger partial charge in [-0.25, -0.2) is 9.59 Å². The second-order valence-electron chi connectivity index (χ2n) is 12.4. The van der Waals surface area contributed by atoms with E-state index in [0.717, 1.165) is 11.1 Å². The third kappa shape index (κ3) is 11.4. The maximum absolute atomic E-state index is 14.3. The number of guanidine groups is 1. The Bertz CT molecular complexity index is 1610. The molecule has 4 rings (SSSR count). The van der Waals surface area contributed by atoms with Gasteiger partial charge in [-0.05, 0) is 43.2 Å². The van der Waals surface area contributed by atoms with Crippen LogP contribution in [-0.4, -0.2) is 84.7 Å². The zero-order chi connectivity index (χ0) is 36.6. The van der Waals surface area contributed by atoms with E-state index in [4.69, 9.17) is 20.6 Å². The average Bonchev–Trinajstić information content (AvgIpc) is 3.65. The van der Waals surface area contributed by atoms with E-state index < -0.39 is 41.9 Å². The Labute approximate surface area is 298 Å².